The molecule has 1 aromatic heterocycles. The number of aryl methyl sites for hydroxylation is 2. The minimum atomic E-state index is 0. The van der Waals surface area contributed by atoms with Crippen molar-refractivity contribution in [3.8, 4) is 17.2 Å². The van der Waals surface area contributed by atoms with Crippen molar-refractivity contribution in [1.29, 1.82) is 0 Å². The number of hydrogen-bond acceptors (Lipinski definition) is 4. The van der Waals surface area contributed by atoms with Crippen LogP contribution >= 0.6 is 24.0 Å². The van der Waals surface area contributed by atoms with E-state index < -0.39 is 0 Å². The third kappa shape index (κ3) is 6.36. The molecule has 3 aromatic rings. The molecular formula is C23H30IN5O2. The second-order valence-corrected chi connectivity index (χ2v) is 7.04. The van der Waals surface area contributed by atoms with Crippen molar-refractivity contribution in [2.45, 2.75) is 26.8 Å². The number of ether oxygens (including phenoxy) is 2. The van der Waals surface area contributed by atoms with Gasteiger partial charge in [-0.2, -0.15) is 5.10 Å². The topological polar surface area (TPSA) is 86.7 Å². The number of aromatic nitrogens is 2. The van der Waals surface area contributed by atoms with E-state index in [-0.39, 0.29) is 24.0 Å². The van der Waals surface area contributed by atoms with Gasteiger partial charge in [-0.1, -0.05) is 24.3 Å². The highest BCUT2D eigenvalue weighted by Crippen LogP contribution is 2.27. The normalized spacial score (nSPS) is 11.0. The Balaban J connectivity index is 0.00000341. The van der Waals surface area contributed by atoms with E-state index in [0.717, 1.165) is 46.1 Å². The molecule has 3 rings (SSSR count). The minimum Gasteiger partial charge on any atom is -0.493 e. The molecule has 0 amide bonds. The van der Waals surface area contributed by atoms with Gasteiger partial charge in [0, 0.05) is 12.2 Å². The standard InChI is InChI=1S/C23H29N5O2.HI/c1-16-13-17(2)28(27-16)20-8-6-5-7-19(20)15-26-23(24)25-12-11-18-9-10-21(29-3)22(14-18)30-4;/h5-10,13-14H,11-12,15H2,1-4H3,(H3,24,25,26);1H. The van der Waals surface area contributed by atoms with Gasteiger partial charge in [-0.25, -0.2) is 9.67 Å². The number of aliphatic imine (C=N–C) groups is 1. The summed E-state index contributed by atoms with van der Waals surface area (Å²) in [6, 6.07) is 16.0. The number of rotatable bonds is 8. The second kappa shape index (κ2) is 11.6. The zero-order valence-corrected chi connectivity index (χ0v) is 20.7. The first-order valence-electron chi connectivity index (χ1n) is 9.88. The number of para-hydroxylation sites is 1. The molecule has 0 atom stereocenters. The zero-order valence-electron chi connectivity index (χ0n) is 18.4. The van der Waals surface area contributed by atoms with E-state index in [0.29, 0.717) is 19.0 Å². The lowest BCUT2D eigenvalue weighted by molar-refractivity contribution is 0.354. The Labute approximate surface area is 200 Å². The summed E-state index contributed by atoms with van der Waals surface area (Å²) in [6.45, 7) is 5.18. The van der Waals surface area contributed by atoms with Crippen molar-refractivity contribution < 1.29 is 9.47 Å². The number of nitrogens with two attached hydrogens (primary N) is 1. The predicted octanol–water partition coefficient (Wildman–Crippen LogP) is 3.77. The first kappa shape index (κ1) is 24.5. The molecule has 0 saturated carbocycles. The van der Waals surface area contributed by atoms with E-state index in [1.165, 1.54) is 0 Å². The molecule has 0 saturated heterocycles. The van der Waals surface area contributed by atoms with Gasteiger partial charge in [0.15, 0.2) is 17.5 Å². The van der Waals surface area contributed by atoms with Crippen LogP contribution in [-0.4, -0.2) is 36.5 Å². The Morgan fingerprint density at radius 2 is 1.81 bits per heavy atom. The molecule has 31 heavy (non-hydrogen) atoms. The van der Waals surface area contributed by atoms with Crippen LogP contribution in [0.4, 0.5) is 0 Å². The number of nitrogens with zero attached hydrogens (tertiary/aromatic N) is 3. The molecule has 0 aliphatic heterocycles. The third-order valence-electron chi connectivity index (χ3n) is 4.82. The average molecular weight is 535 g/mol. The van der Waals surface area contributed by atoms with Crippen LogP contribution < -0.4 is 20.5 Å². The van der Waals surface area contributed by atoms with Crippen molar-refractivity contribution in [3.63, 3.8) is 0 Å². The molecule has 0 unspecified atom stereocenters. The van der Waals surface area contributed by atoms with Crippen molar-refractivity contribution in [2.24, 2.45) is 10.7 Å². The maximum atomic E-state index is 6.08. The van der Waals surface area contributed by atoms with Gasteiger partial charge < -0.3 is 20.5 Å². The van der Waals surface area contributed by atoms with Gasteiger partial charge in [0.05, 0.1) is 32.1 Å². The van der Waals surface area contributed by atoms with E-state index in [2.05, 4.69) is 21.5 Å². The summed E-state index contributed by atoms with van der Waals surface area (Å²) < 4.78 is 12.6. The highest BCUT2D eigenvalue weighted by atomic mass is 127. The Morgan fingerprint density at radius 3 is 2.48 bits per heavy atom. The van der Waals surface area contributed by atoms with E-state index in [9.17, 15) is 0 Å². The van der Waals surface area contributed by atoms with Crippen LogP contribution in [0.2, 0.25) is 0 Å². The molecule has 0 bridgehead atoms. The fourth-order valence-corrected chi connectivity index (χ4v) is 3.32. The number of nitrogens with one attached hydrogen (secondary N) is 1. The molecule has 0 aliphatic carbocycles. The number of halogens is 1. The highest BCUT2D eigenvalue weighted by Gasteiger charge is 2.08. The van der Waals surface area contributed by atoms with Crippen LogP contribution in [0.1, 0.15) is 22.5 Å². The smallest absolute Gasteiger partial charge is 0.188 e. The molecule has 7 nitrogen and oxygen atoms in total. The summed E-state index contributed by atoms with van der Waals surface area (Å²) in [6.07, 6.45) is 0.791. The zero-order chi connectivity index (χ0) is 21.5. The van der Waals surface area contributed by atoms with Crippen molar-refractivity contribution in [2.75, 3.05) is 20.8 Å². The fraction of sp³-hybridized carbons (Fsp3) is 0.304. The van der Waals surface area contributed by atoms with Crippen LogP contribution in [-0.2, 0) is 13.0 Å². The van der Waals surface area contributed by atoms with Crippen LogP contribution in [0.25, 0.3) is 5.69 Å². The number of benzene rings is 2. The van der Waals surface area contributed by atoms with Crippen molar-refractivity contribution in [1.82, 2.24) is 15.1 Å². The molecule has 0 aliphatic rings. The second-order valence-electron chi connectivity index (χ2n) is 7.04. The van der Waals surface area contributed by atoms with Crippen molar-refractivity contribution in [3.05, 3.63) is 71.0 Å². The minimum absolute atomic E-state index is 0. The lowest BCUT2D eigenvalue weighted by atomic mass is 10.1. The Kier molecular flexibility index (Phi) is 9.17. The van der Waals surface area contributed by atoms with E-state index in [4.69, 9.17) is 15.2 Å². The van der Waals surface area contributed by atoms with E-state index in [1.807, 2.05) is 61.0 Å². The maximum absolute atomic E-state index is 6.08. The number of hydrogen-bond donors (Lipinski definition) is 2. The lowest BCUT2D eigenvalue weighted by Gasteiger charge is -2.11. The molecule has 3 N–H and O–H groups in total. The van der Waals surface area contributed by atoms with Crippen molar-refractivity contribution >= 4 is 29.9 Å². The van der Waals surface area contributed by atoms with Crippen LogP contribution in [0.5, 0.6) is 11.5 Å². The summed E-state index contributed by atoms with van der Waals surface area (Å²) in [5.74, 6) is 1.85. The first-order valence-corrected chi connectivity index (χ1v) is 9.88. The number of methoxy groups -OCH3 is 2. The molecular weight excluding hydrogens is 505 g/mol. The van der Waals surface area contributed by atoms with Gasteiger partial charge in [-0.15, -0.1) is 24.0 Å². The summed E-state index contributed by atoms with van der Waals surface area (Å²) in [5, 5.41) is 7.76. The quantitative estimate of drug-likeness (QED) is 0.261. The maximum Gasteiger partial charge on any atom is 0.188 e. The molecule has 0 radical (unpaired) electrons. The monoisotopic (exact) mass is 535 g/mol. The SMILES string of the molecule is COc1ccc(CCNC(N)=NCc2ccccc2-n2nc(C)cc2C)cc1OC.I. The summed E-state index contributed by atoms with van der Waals surface area (Å²) in [4.78, 5) is 4.51. The first-order chi connectivity index (χ1) is 14.5. The van der Waals surface area contributed by atoms with Gasteiger partial charge in [0.25, 0.3) is 0 Å². The Hall–Kier alpha value is -2.75. The van der Waals surface area contributed by atoms with Crippen LogP contribution in [0.3, 0.4) is 0 Å². The van der Waals surface area contributed by atoms with Gasteiger partial charge >= 0.3 is 0 Å². The predicted molar refractivity (Wildman–Crippen MR) is 135 cm³/mol. The lowest BCUT2D eigenvalue weighted by Crippen LogP contribution is -2.33. The number of guanidine groups is 1. The van der Waals surface area contributed by atoms with Crippen LogP contribution in [0.15, 0.2) is 53.5 Å². The third-order valence-corrected chi connectivity index (χ3v) is 4.82. The van der Waals surface area contributed by atoms with Gasteiger partial charge in [-0.3, -0.25) is 0 Å². The summed E-state index contributed by atoms with van der Waals surface area (Å²) in [7, 11) is 3.26. The Bertz CT molecular complexity index is 1030. The van der Waals surface area contributed by atoms with E-state index >= 15 is 0 Å². The fourth-order valence-electron chi connectivity index (χ4n) is 3.32. The van der Waals surface area contributed by atoms with Gasteiger partial charge in [0.1, 0.15) is 0 Å². The molecule has 166 valence electrons. The Morgan fingerprint density at radius 1 is 1.06 bits per heavy atom. The molecule has 1 heterocycles. The molecule has 0 spiro atoms. The molecule has 0 fully saturated rings. The van der Waals surface area contributed by atoms with Gasteiger partial charge in [-0.05, 0) is 55.7 Å². The highest BCUT2D eigenvalue weighted by molar-refractivity contribution is 14.0. The van der Waals surface area contributed by atoms with Crippen LogP contribution in [0, 0.1) is 13.8 Å². The largest absolute Gasteiger partial charge is 0.493 e. The van der Waals surface area contributed by atoms with E-state index in [1.54, 1.807) is 14.2 Å². The molecule has 8 heteroatoms. The summed E-state index contributed by atoms with van der Waals surface area (Å²) >= 11 is 0. The average Bonchev–Trinajstić information content (AvgIpc) is 3.10. The van der Waals surface area contributed by atoms with Gasteiger partial charge in [0.2, 0.25) is 0 Å². The summed E-state index contributed by atoms with van der Waals surface area (Å²) in [5.41, 5.74) is 11.4. The molecule has 2 aromatic carbocycles.